The van der Waals surface area contributed by atoms with Crippen molar-refractivity contribution in [3.05, 3.63) is 17.9 Å². The molecule has 2 rings (SSSR count). The zero-order chi connectivity index (χ0) is 12.5. The van der Waals surface area contributed by atoms with Gasteiger partial charge in [0.15, 0.2) is 0 Å². The maximum Gasteiger partial charge on any atom is 0.276 e. The minimum Gasteiger partial charge on any atom is -0.449 e. The van der Waals surface area contributed by atoms with Gasteiger partial charge in [0.1, 0.15) is 5.76 Å². The number of aryl methyl sites for hydroxylation is 1. The molecule has 0 spiro atoms. The molecule has 0 unspecified atom stereocenters. The quantitative estimate of drug-likeness (QED) is 0.828. The number of rotatable bonds is 6. The van der Waals surface area contributed by atoms with Gasteiger partial charge in [0.05, 0.1) is 0 Å². The maximum atomic E-state index is 12.3. The van der Waals surface area contributed by atoms with E-state index in [1.54, 1.807) is 13.0 Å². The second-order valence-electron chi connectivity index (χ2n) is 4.35. The molecule has 0 atom stereocenters. The van der Waals surface area contributed by atoms with Crippen LogP contribution in [0.1, 0.15) is 25.0 Å². The van der Waals surface area contributed by atoms with Crippen molar-refractivity contribution >= 4 is 10.0 Å². The third-order valence-corrected chi connectivity index (χ3v) is 4.64. The summed E-state index contributed by atoms with van der Waals surface area (Å²) >= 11 is 0. The van der Waals surface area contributed by atoms with E-state index in [2.05, 4.69) is 0 Å². The van der Waals surface area contributed by atoms with Crippen molar-refractivity contribution < 1.29 is 12.8 Å². The molecular formula is C11H18N2O3S. The lowest BCUT2D eigenvalue weighted by molar-refractivity contribution is 0.364. The molecule has 1 aromatic rings. The number of nitrogens with two attached hydrogens (primary N) is 1. The maximum absolute atomic E-state index is 12.3. The molecule has 5 nitrogen and oxygen atoms in total. The van der Waals surface area contributed by atoms with Gasteiger partial charge >= 0.3 is 0 Å². The molecule has 1 aliphatic rings. The summed E-state index contributed by atoms with van der Waals surface area (Å²) in [5.74, 6) is 0.609. The summed E-state index contributed by atoms with van der Waals surface area (Å²) in [5.41, 5.74) is 5.44. The second-order valence-corrected chi connectivity index (χ2v) is 6.18. The Bertz CT molecular complexity index is 477. The van der Waals surface area contributed by atoms with E-state index in [4.69, 9.17) is 10.2 Å². The van der Waals surface area contributed by atoms with Crippen LogP contribution in [-0.2, 0) is 10.0 Å². The summed E-state index contributed by atoms with van der Waals surface area (Å²) in [4.78, 5) is 0. The van der Waals surface area contributed by atoms with Gasteiger partial charge in [-0.05, 0) is 44.9 Å². The molecule has 0 saturated heterocycles. The van der Waals surface area contributed by atoms with Crippen molar-refractivity contribution in [1.29, 1.82) is 0 Å². The minimum absolute atomic E-state index is 0.0407. The fraction of sp³-hybridized carbons (Fsp3) is 0.636. The summed E-state index contributed by atoms with van der Waals surface area (Å²) in [6.07, 6.45) is 2.54. The van der Waals surface area contributed by atoms with E-state index in [0.717, 1.165) is 12.8 Å². The molecule has 1 fully saturated rings. The minimum atomic E-state index is -3.48. The molecule has 1 heterocycles. The molecule has 1 aliphatic carbocycles. The number of hydrogen-bond acceptors (Lipinski definition) is 4. The molecule has 6 heteroatoms. The van der Waals surface area contributed by atoms with E-state index in [1.165, 1.54) is 10.4 Å². The van der Waals surface area contributed by atoms with E-state index >= 15 is 0 Å². The van der Waals surface area contributed by atoms with Crippen LogP contribution in [0.2, 0.25) is 0 Å². The van der Waals surface area contributed by atoms with E-state index in [1.807, 2.05) is 0 Å². The van der Waals surface area contributed by atoms with Crippen LogP contribution in [0.3, 0.4) is 0 Å². The molecule has 2 N–H and O–H groups in total. The summed E-state index contributed by atoms with van der Waals surface area (Å²) in [6, 6.07) is 3.32. The molecular weight excluding hydrogens is 240 g/mol. The highest BCUT2D eigenvalue weighted by Gasteiger charge is 2.38. The Morgan fingerprint density at radius 1 is 1.47 bits per heavy atom. The number of furan rings is 1. The van der Waals surface area contributed by atoms with Crippen LogP contribution in [0.15, 0.2) is 21.6 Å². The lowest BCUT2D eigenvalue weighted by Gasteiger charge is -2.19. The van der Waals surface area contributed by atoms with Crippen molar-refractivity contribution in [2.24, 2.45) is 5.73 Å². The van der Waals surface area contributed by atoms with Crippen molar-refractivity contribution in [3.63, 3.8) is 0 Å². The molecule has 0 bridgehead atoms. The topological polar surface area (TPSA) is 76.5 Å². The van der Waals surface area contributed by atoms with E-state index in [-0.39, 0.29) is 11.1 Å². The zero-order valence-corrected chi connectivity index (χ0v) is 10.7. The van der Waals surface area contributed by atoms with Gasteiger partial charge in [0.2, 0.25) is 5.09 Å². The molecule has 0 aliphatic heterocycles. The van der Waals surface area contributed by atoms with Crippen LogP contribution in [0.25, 0.3) is 0 Å². The standard InChI is InChI=1S/C11H18N2O3S/c1-9-3-6-11(16-9)17(14,15)13(8-2-7-12)10-4-5-10/h3,6,10H,2,4-5,7-8,12H2,1H3. The Balaban J connectivity index is 2.21. The first-order valence-corrected chi connectivity index (χ1v) is 7.28. The van der Waals surface area contributed by atoms with Crippen LogP contribution in [0, 0.1) is 6.92 Å². The molecule has 0 amide bonds. The molecule has 17 heavy (non-hydrogen) atoms. The smallest absolute Gasteiger partial charge is 0.276 e. The first kappa shape index (κ1) is 12.6. The van der Waals surface area contributed by atoms with Crippen molar-refractivity contribution in [2.45, 2.75) is 37.3 Å². The average Bonchev–Trinajstić information content (AvgIpc) is 3.00. The van der Waals surface area contributed by atoms with Gasteiger partial charge in [-0.1, -0.05) is 0 Å². The Hall–Kier alpha value is -0.850. The van der Waals surface area contributed by atoms with Crippen LogP contribution in [0.4, 0.5) is 0 Å². The fourth-order valence-electron chi connectivity index (χ4n) is 1.77. The summed E-state index contributed by atoms with van der Waals surface area (Å²) in [6.45, 7) is 2.71. The SMILES string of the molecule is Cc1ccc(S(=O)(=O)N(CCCN)C2CC2)o1. The van der Waals surface area contributed by atoms with Crippen molar-refractivity contribution in [3.8, 4) is 0 Å². The van der Waals surface area contributed by atoms with Crippen LogP contribution < -0.4 is 5.73 Å². The van der Waals surface area contributed by atoms with Gasteiger partial charge in [-0.2, -0.15) is 4.31 Å². The Morgan fingerprint density at radius 3 is 2.65 bits per heavy atom. The van der Waals surface area contributed by atoms with Gasteiger partial charge in [-0.3, -0.25) is 0 Å². The van der Waals surface area contributed by atoms with Gasteiger partial charge < -0.3 is 10.2 Å². The van der Waals surface area contributed by atoms with Crippen LogP contribution in [-0.4, -0.2) is 31.9 Å². The molecule has 1 aromatic heterocycles. The van der Waals surface area contributed by atoms with Crippen LogP contribution in [0.5, 0.6) is 0 Å². The first-order valence-electron chi connectivity index (χ1n) is 5.84. The normalized spacial score (nSPS) is 16.6. The van der Waals surface area contributed by atoms with E-state index in [9.17, 15) is 8.42 Å². The summed E-state index contributed by atoms with van der Waals surface area (Å²) < 4.78 is 31.4. The summed E-state index contributed by atoms with van der Waals surface area (Å²) in [7, 11) is -3.48. The van der Waals surface area contributed by atoms with Gasteiger partial charge in [0.25, 0.3) is 10.0 Å². The Labute approximate surface area is 102 Å². The predicted octanol–water partition coefficient (Wildman–Crippen LogP) is 1.09. The second kappa shape index (κ2) is 4.80. The third kappa shape index (κ3) is 2.70. The van der Waals surface area contributed by atoms with E-state index in [0.29, 0.717) is 25.3 Å². The predicted molar refractivity (Wildman–Crippen MR) is 64.0 cm³/mol. The molecule has 0 radical (unpaired) electrons. The van der Waals surface area contributed by atoms with Gasteiger partial charge in [-0.25, -0.2) is 8.42 Å². The number of nitrogens with zero attached hydrogens (tertiary/aromatic N) is 1. The molecule has 0 aromatic carbocycles. The Morgan fingerprint density at radius 2 is 2.18 bits per heavy atom. The van der Waals surface area contributed by atoms with Crippen molar-refractivity contribution in [2.75, 3.05) is 13.1 Å². The van der Waals surface area contributed by atoms with Crippen LogP contribution >= 0.6 is 0 Å². The monoisotopic (exact) mass is 258 g/mol. The molecule has 1 saturated carbocycles. The largest absolute Gasteiger partial charge is 0.449 e. The van der Waals surface area contributed by atoms with Gasteiger partial charge in [0, 0.05) is 12.6 Å². The number of sulfonamides is 1. The highest BCUT2D eigenvalue weighted by atomic mass is 32.2. The lowest BCUT2D eigenvalue weighted by Crippen LogP contribution is -2.34. The highest BCUT2D eigenvalue weighted by molar-refractivity contribution is 7.89. The lowest BCUT2D eigenvalue weighted by atomic mass is 10.4. The first-order chi connectivity index (χ1) is 8.05. The average molecular weight is 258 g/mol. The summed E-state index contributed by atoms with van der Waals surface area (Å²) in [5, 5.41) is 0.0407. The highest BCUT2D eigenvalue weighted by Crippen LogP contribution is 2.32. The van der Waals surface area contributed by atoms with E-state index < -0.39 is 10.0 Å². The zero-order valence-electron chi connectivity index (χ0n) is 9.93. The number of hydrogen-bond donors (Lipinski definition) is 1. The van der Waals surface area contributed by atoms with Crippen molar-refractivity contribution in [1.82, 2.24) is 4.31 Å². The third-order valence-electron chi connectivity index (χ3n) is 2.82. The molecule has 96 valence electrons. The fourth-order valence-corrected chi connectivity index (χ4v) is 3.46. The Kier molecular flexibility index (Phi) is 3.56. The van der Waals surface area contributed by atoms with Gasteiger partial charge in [-0.15, -0.1) is 0 Å².